The Morgan fingerprint density at radius 2 is 1.96 bits per heavy atom. The van der Waals surface area contributed by atoms with Crippen LogP contribution in [0, 0.1) is 0 Å². The zero-order chi connectivity index (χ0) is 17.9. The highest BCUT2D eigenvalue weighted by molar-refractivity contribution is 6.05. The number of ether oxygens (including phenoxy) is 1. The summed E-state index contributed by atoms with van der Waals surface area (Å²) in [6.45, 7) is 9.48. The van der Waals surface area contributed by atoms with E-state index in [-0.39, 0.29) is 12.1 Å². The van der Waals surface area contributed by atoms with E-state index >= 15 is 0 Å². The molecule has 6 heteroatoms. The Labute approximate surface area is 140 Å². The highest BCUT2D eigenvalue weighted by Gasteiger charge is 2.17. The standard InChI is InChI=1S/C18H20N2O4/c1-11(10-20-17(23)24-18(2,3)4)12-6-5-7-13-14(16(21)22)8-9-19-15(12)13/h5-9H,1,10H2,2-4H3,(H,20,23)(H,21,22). The van der Waals surface area contributed by atoms with Gasteiger partial charge in [-0.1, -0.05) is 24.8 Å². The molecule has 24 heavy (non-hydrogen) atoms. The minimum Gasteiger partial charge on any atom is -0.478 e. The molecule has 0 unspecified atom stereocenters. The number of carbonyl (C=O) groups excluding carboxylic acids is 1. The van der Waals surface area contributed by atoms with Gasteiger partial charge >= 0.3 is 12.1 Å². The van der Waals surface area contributed by atoms with E-state index in [9.17, 15) is 14.7 Å². The molecule has 0 bridgehead atoms. The number of carboxylic acids is 1. The Morgan fingerprint density at radius 1 is 1.25 bits per heavy atom. The zero-order valence-electron chi connectivity index (χ0n) is 13.9. The first kappa shape index (κ1) is 17.5. The second-order valence-electron chi connectivity index (χ2n) is 6.32. The molecule has 0 radical (unpaired) electrons. The lowest BCUT2D eigenvalue weighted by Crippen LogP contribution is -2.33. The van der Waals surface area contributed by atoms with Gasteiger partial charge in [-0.25, -0.2) is 9.59 Å². The lowest BCUT2D eigenvalue weighted by atomic mass is 10.0. The number of hydrogen-bond acceptors (Lipinski definition) is 4. The molecule has 1 aromatic heterocycles. The molecule has 126 valence electrons. The molecule has 1 aromatic carbocycles. The normalized spacial score (nSPS) is 11.1. The van der Waals surface area contributed by atoms with E-state index < -0.39 is 17.7 Å². The van der Waals surface area contributed by atoms with Gasteiger partial charge in [-0.3, -0.25) is 4.98 Å². The number of nitrogens with one attached hydrogen (secondary N) is 1. The summed E-state index contributed by atoms with van der Waals surface area (Å²) in [5, 5.41) is 12.4. The number of aromatic carboxylic acids is 1. The van der Waals surface area contributed by atoms with E-state index in [2.05, 4.69) is 16.9 Å². The molecule has 0 aliphatic heterocycles. The molecule has 1 heterocycles. The van der Waals surface area contributed by atoms with Gasteiger partial charge in [0, 0.05) is 23.7 Å². The van der Waals surface area contributed by atoms with Crippen LogP contribution in [0.3, 0.4) is 0 Å². The smallest absolute Gasteiger partial charge is 0.407 e. The molecule has 0 aliphatic rings. The van der Waals surface area contributed by atoms with E-state index in [0.29, 0.717) is 22.0 Å². The average Bonchev–Trinajstić information content (AvgIpc) is 2.49. The minimum absolute atomic E-state index is 0.174. The van der Waals surface area contributed by atoms with Gasteiger partial charge in [0.05, 0.1) is 11.1 Å². The van der Waals surface area contributed by atoms with Crippen molar-refractivity contribution >= 4 is 28.5 Å². The van der Waals surface area contributed by atoms with Crippen molar-refractivity contribution in [1.82, 2.24) is 10.3 Å². The van der Waals surface area contributed by atoms with E-state index in [0.717, 1.165) is 0 Å². The van der Waals surface area contributed by atoms with Gasteiger partial charge in [0.1, 0.15) is 5.60 Å². The number of aromatic nitrogens is 1. The summed E-state index contributed by atoms with van der Waals surface area (Å²) >= 11 is 0. The SMILES string of the molecule is C=C(CNC(=O)OC(C)(C)C)c1cccc2c(C(=O)O)ccnc12. The Bertz CT molecular complexity index is 806. The van der Waals surface area contributed by atoms with Crippen LogP contribution in [0.2, 0.25) is 0 Å². The average molecular weight is 328 g/mol. The second-order valence-corrected chi connectivity index (χ2v) is 6.32. The summed E-state index contributed by atoms with van der Waals surface area (Å²) < 4.78 is 5.18. The van der Waals surface area contributed by atoms with Crippen molar-refractivity contribution in [2.75, 3.05) is 6.54 Å². The quantitative estimate of drug-likeness (QED) is 0.897. The third-order valence-electron chi connectivity index (χ3n) is 3.23. The number of rotatable bonds is 4. The first-order chi connectivity index (χ1) is 11.2. The van der Waals surface area contributed by atoms with Crippen LogP contribution >= 0.6 is 0 Å². The van der Waals surface area contributed by atoms with Crippen LogP contribution in [0.5, 0.6) is 0 Å². The van der Waals surface area contributed by atoms with E-state index in [1.54, 1.807) is 39.0 Å². The Hall–Kier alpha value is -2.89. The van der Waals surface area contributed by atoms with Crippen LogP contribution in [0.1, 0.15) is 36.7 Å². The lowest BCUT2D eigenvalue weighted by Gasteiger charge is -2.20. The summed E-state index contributed by atoms with van der Waals surface area (Å²) in [5.41, 5.74) is 1.43. The van der Waals surface area contributed by atoms with Crippen LogP contribution in [0.15, 0.2) is 37.0 Å². The largest absolute Gasteiger partial charge is 0.478 e. The Morgan fingerprint density at radius 3 is 2.58 bits per heavy atom. The molecule has 2 rings (SSSR count). The number of para-hydroxylation sites is 1. The van der Waals surface area contributed by atoms with Gasteiger partial charge in [-0.05, 0) is 32.4 Å². The summed E-state index contributed by atoms with van der Waals surface area (Å²) in [6.07, 6.45) is 0.909. The minimum atomic E-state index is -1.02. The van der Waals surface area contributed by atoms with Crippen LogP contribution in [0.4, 0.5) is 4.79 Å². The highest BCUT2D eigenvalue weighted by Crippen LogP contribution is 2.24. The molecular formula is C18H20N2O4. The molecule has 0 saturated carbocycles. The van der Waals surface area contributed by atoms with Crippen molar-refractivity contribution in [3.63, 3.8) is 0 Å². The first-order valence-electron chi connectivity index (χ1n) is 7.45. The predicted octanol–water partition coefficient (Wildman–Crippen LogP) is 3.47. The summed E-state index contributed by atoms with van der Waals surface area (Å²) in [6, 6.07) is 6.69. The lowest BCUT2D eigenvalue weighted by molar-refractivity contribution is 0.0534. The number of alkyl carbamates (subject to hydrolysis) is 1. The van der Waals surface area contributed by atoms with Crippen molar-refractivity contribution < 1.29 is 19.4 Å². The van der Waals surface area contributed by atoms with Crippen molar-refractivity contribution in [2.45, 2.75) is 26.4 Å². The topological polar surface area (TPSA) is 88.5 Å². The van der Waals surface area contributed by atoms with Gasteiger partial charge in [-0.15, -0.1) is 0 Å². The molecule has 6 nitrogen and oxygen atoms in total. The van der Waals surface area contributed by atoms with Gasteiger partial charge in [0.2, 0.25) is 0 Å². The Balaban J connectivity index is 2.23. The monoisotopic (exact) mass is 328 g/mol. The van der Waals surface area contributed by atoms with E-state index in [1.807, 2.05) is 0 Å². The predicted molar refractivity (Wildman–Crippen MR) is 92.0 cm³/mol. The fraction of sp³-hybridized carbons (Fsp3) is 0.278. The second kappa shape index (κ2) is 6.70. The number of benzene rings is 1. The maximum absolute atomic E-state index is 11.7. The van der Waals surface area contributed by atoms with Crippen molar-refractivity contribution in [3.8, 4) is 0 Å². The molecule has 2 aromatic rings. The molecule has 0 spiro atoms. The molecule has 0 aliphatic carbocycles. The fourth-order valence-electron chi connectivity index (χ4n) is 2.24. The molecular weight excluding hydrogens is 308 g/mol. The Kier molecular flexibility index (Phi) is 4.87. The van der Waals surface area contributed by atoms with Gasteiger partial charge in [0.25, 0.3) is 0 Å². The van der Waals surface area contributed by atoms with Gasteiger partial charge < -0.3 is 15.2 Å². The molecule has 0 fully saturated rings. The first-order valence-corrected chi connectivity index (χ1v) is 7.45. The van der Waals surface area contributed by atoms with Crippen molar-refractivity contribution in [1.29, 1.82) is 0 Å². The zero-order valence-corrected chi connectivity index (χ0v) is 13.9. The van der Waals surface area contributed by atoms with Crippen LogP contribution < -0.4 is 5.32 Å². The molecule has 0 saturated heterocycles. The third kappa shape index (κ3) is 4.10. The number of fused-ring (bicyclic) bond motifs is 1. The molecule has 1 amide bonds. The maximum Gasteiger partial charge on any atom is 0.407 e. The molecule has 2 N–H and O–H groups in total. The summed E-state index contributed by atoms with van der Waals surface area (Å²) in [7, 11) is 0. The number of carbonyl (C=O) groups is 2. The van der Waals surface area contributed by atoms with Crippen LogP contribution in [-0.2, 0) is 4.74 Å². The molecule has 0 atom stereocenters. The fourth-order valence-corrected chi connectivity index (χ4v) is 2.24. The van der Waals surface area contributed by atoms with E-state index in [1.165, 1.54) is 12.3 Å². The van der Waals surface area contributed by atoms with Gasteiger partial charge in [0.15, 0.2) is 0 Å². The van der Waals surface area contributed by atoms with E-state index in [4.69, 9.17) is 4.74 Å². The third-order valence-corrected chi connectivity index (χ3v) is 3.23. The summed E-state index contributed by atoms with van der Waals surface area (Å²) in [5.74, 6) is -1.02. The van der Waals surface area contributed by atoms with Crippen molar-refractivity contribution in [3.05, 3.63) is 48.2 Å². The maximum atomic E-state index is 11.7. The number of pyridine rings is 1. The summed E-state index contributed by atoms with van der Waals surface area (Å²) in [4.78, 5) is 27.3. The van der Waals surface area contributed by atoms with Gasteiger partial charge in [-0.2, -0.15) is 0 Å². The number of carboxylic acid groups (broad SMARTS) is 1. The highest BCUT2D eigenvalue weighted by atomic mass is 16.6. The van der Waals surface area contributed by atoms with Crippen LogP contribution in [-0.4, -0.2) is 34.3 Å². The van der Waals surface area contributed by atoms with Crippen LogP contribution in [0.25, 0.3) is 16.5 Å². The number of nitrogens with zero attached hydrogens (tertiary/aromatic N) is 1. The number of hydrogen-bond donors (Lipinski definition) is 2. The number of amides is 1. The van der Waals surface area contributed by atoms with Crippen molar-refractivity contribution in [2.24, 2.45) is 0 Å².